The van der Waals surface area contributed by atoms with Gasteiger partial charge in [-0.3, -0.25) is 0 Å². The first-order valence-electron chi connectivity index (χ1n) is 18.9. The van der Waals surface area contributed by atoms with Gasteiger partial charge in [-0.05, 0) is 68.8 Å². The molecule has 1 aliphatic rings. The van der Waals surface area contributed by atoms with Crippen molar-refractivity contribution in [3.8, 4) is 56.4 Å². The highest BCUT2D eigenvalue weighted by molar-refractivity contribution is 7.25. The highest BCUT2D eigenvalue weighted by Crippen LogP contribution is 2.58. The van der Waals surface area contributed by atoms with E-state index in [-0.39, 0.29) is 0 Å². The molecular formula is C52H33N3S. The zero-order valence-electron chi connectivity index (χ0n) is 30.3. The van der Waals surface area contributed by atoms with Crippen LogP contribution < -0.4 is 0 Å². The van der Waals surface area contributed by atoms with Gasteiger partial charge in [0.25, 0.3) is 0 Å². The van der Waals surface area contributed by atoms with E-state index in [2.05, 4.69) is 164 Å². The van der Waals surface area contributed by atoms with Gasteiger partial charge in [0, 0.05) is 36.9 Å². The summed E-state index contributed by atoms with van der Waals surface area (Å²) in [5, 5.41) is 2.56. The molecule has 2 aromatic heterocycles. The third-order valence-electron chi connectivity index (χ3n) is 11.2. The molecule has 3 nitrogen and oxygen atoms in total. The molecular weight excluding hydrogens is 699 g/mol. The zero-order chi connectivity index (χ0) is 37.1. The number of benzene rings is 8. The van der Waals surface area contributed by atoms with Gasteiger partial charge in [-0.1, -0.05) is 176 Å². The van der Waals surface area contributed by atoms with E-state index in [4.69, 9.17) is 15.0 Å². The van der Waals surface area contributed by atoms with Crippen molar-refractivity contribution in [2.75, 3.05) is 0 Å². The topological polar surface area (TPSA) is 38.7 Å². The van der Waals surface area contributed by atoms with Crippen LogP contribution in [0, 0.1) is 0 Å². The SMILES string of the molecule is c1ccc(-c2nc(-c3ccccc3)nc(-c3cc4c(cc3-c3ccc5c(c3)sc3ccccc35)-c3ccccc3C4(c3ccccc3)c3ccccc3)n2)cc1. The maximum Gasteiger partial charge on any atom is 0.164 e. The molecule has 0 atom stereocenters. The van der Waals surface area contributed by atoms with Crippen LogP contribution in [-0.4, -0.2) is 15.0 Å². The summed E-state index contributed by atoms with van der Waals surface area (Å²) in [5.74, 6) is 1.92. The Balaban J connectivity index is 1.26. The maximum atomic E-state index is 5.33. The van der Waals surface area contributed by atoms with E-state index in [1.807, 2.05) is 47.7 Å². The molecule has 0 radical (unpaired) electrons. The number of rotatable bonds is 6. The smallest absolute Gasteiger partial charge is 0.164 e. The van der Waals surface area contributed by atoms with Gasteiger partial charge in [-0.2, -0.15) is 0 Å². The minimum Gasteiger partial charge on any atom is -0.208 e. The van der Waals surface area contributed by atoms with Crippen molar-refractivity contribution in [1.82, 2.24) is 15.0 Å². The number of thiophene rings is 1. The molecule has 8 aromatic carbocycles. The molecule has 4 heteroatoms. The predicted octanol–water partition coefficient (Wildman–Crippen LogP) is 13.3. The molecule has 0 aliphatic heterocycles. The molecule has 11 rings (SSSR count). The van der Waals surface area contributed by atoms with Crippen LogP contribution in [0.25, 0.3) is 76.6 Å². The second-order valence-electron chi connectivity index (χ2n) is 14.3. The second-order valence-corrected chi connectivity index (χ2v) is 15.4. The maximum absolute atomic E-state index is 5.33. The van der Waals surface area contributed by atoms with Gasteiger partial charge in [0.15, 0.2) is 17.5 Å². The van der Waals surface area contributed by atoms with E-state index in [0.717, 1.165) is 27.8 Å². The van der Waals surface area contributed by atoms with E-state index < -0.39 is 5.41 Å². The summed E-state index contributed by atoms with van der Waals surface area (Å²) >= 11 is 1.84. The van der Waals surface area contributed by atoms with Crippen LogP contribution in [0.15, 0.2) is 200 Å². The first-order valence-corrected chi connectivity index (χ1v) is 19.8. The molecule has 1 aliphatic carbocycles. The van der Waals surface area contributed by atoms with Crippen molar-refractivity contribution < 1.29 is 0 Å². The quantitative estimate of drug-likeness (QED) is 0.171. The minimum absolute atomic E-state index is 0.575. The van der Waals surface area contributed by atoms with Crippen molar-refractivity contribution in [3.63, 3.8) is 0 Å². The standard InChI is InChI=1S/C52H33N3S/c1-5-17-34(18-6-1)49-53-50(35-19-7-2-8-20-35)55-51(54-49)44-33-46-43(32-42(44)36-29-30-41-40-26-14-16-28-47(40)56-48(41)31-36)39-25-13-15-27-45(39)52(46,37-21-9-3-10-22-37)38-23-11-4-12-24-38/h1-33H. The van der Waals surface area contributed by atoms with Crippen LogP contribution in [0.1, 0.15) is 22.3 Å². The van der Waals surface area contributed by atoms with Crippen molar-refractivity contribution >= 4 is 31.5 Å². The third-order valence-corrected chi connectivity index (χ3v) is 12.4. The van der Waals surface area contributed by atoms with Crippen LogP contribution in [0.3, 0.4) is 0 Å². The summed E-state index contributed by atoms with van der Waals surface area (Å²) in [4.78, 5) is 15.7. The monoisotopic (exact) mass is 731 g/mol. The van der Waals surface area contributed by atoms with Crippen LogP contribution in [0.2, 0.25) is 0 Å². The fraction of sp³-hybridized carbons (Fsp3) is 0.0192. The van der Waals surface area contributed by atoms with Crippen LogP contribution in [0.5, 0.6) is 0 Å². The lowest BCUT2D eigenvalue weighted by atomic mass is 9.67. The first-order chi connectivity index (χ1) is 27.8. The average molecular weight is 732 g/mol. The number of hydrogen-bond acceptors (Lipinski definition) is 4. The fourth-order valence-corrected chi connectivity index (χ4v) is 9.88. The molecule has 0 bridgehead atoms. The van der Waals surface area contributed by atoms with Crippen molar-refractivity contribution in [2.45, 2.75) is 5.41 Å². The molecule has 0 spiro atoms. The molecule has 262 valence electrons. The largest absolute Gasteiger partial charge is 0.208 e. The summed E-state index contributed by atoms with van der Waals surface area (Å²) in [6, 6.07) is 71.7. The lowest BCUT2D eigenvalue weighted by Crippen LogP contribution is -2.28. The minimum atomic E-state index is -0.575. The second kappa shape index (κ2) is 13.1. The number of fused-ring (bicyclic) bond motifs is 6. The molecule has 2 heterocycles. The van der Waals surface area contributed by atoms with Crippen molar-refractivity contribution in [3.05, 3.63) is 222 Å². The van der Waals surface area contributed by atoms with Gasteiger partial charge in [-0.25, -0.2) is 15.0 Å². The lowest BCUT2D eigenvalue weighted by molar-refractivity contribution is 0.768. The van der Waals surface area contributed by atoms with Crippen molar-refractivity contribution in [1.29, 1.82) is 0 Å². The molecule has 0 amide bonds. The third kappa shape index (κ3) is 5.07. The predicted molar refractivity (Wildman–Crippen MR) is 232 cm³/mol. The number of hydrogen-bond donors (Lipinski definition) is 0. The zero-order valence-corrected chi connectivity index (χ0v) is 31.1. The Morgan fingerprint density at radius 1 is 0.321 bits per heavy atom. The summed E-state index contributed by atoms with van der Waals surface area (Å²) in [6.07, 6.45) is 0. The molecule has 56 heavy (non-hydrogen) atoms. The van der Waals surface area contributed by atoms with Gasteiger partial charge in [-0.15, -0.1) is 11.3 Å². The highest BCUT2D eigenvalue weighted by Gasteiger charge is 2.46. The Labute approximate surface area is 329 Å². The normalized spacial score (nSPS) is 12.8. The Bertz CT molecular complexity index is 2970. The van der Waals surface area contributed by atoms with Gasteiger partial charge in [0.2, 0.25) is 0 Å². The number of aromatic nitrogens is 3. The van der Waals surface area contributed by atoms with Gasteiger partial charge in [0.05, 0.1) is 5.41 Å². The summed E-state index contributed by atoms with van der Waals surface area (Å²) in [5.41, 5.74) is 11.8. The Kier molecular flexibility index (Phi) is 7.58. The Morgan fingerprint density at radius 3 is 1.52 bits per heavy atom. The van der Waals surface area contributed by atoms with Crippen molar-refractivity contribution in [2.24, 2.45) is 0 Å². The molecule has 0 saturated carbocycles. The molecule has 0 fully saturated rings. The van der Waals surface area contributed by atoms with Crippen LogP contribution in [-0.2, 0) is 5.41 Å². The van der Waals surface area contributed by atoms with Crippen LogP contribution in [0.4, 0.5) is 0 Å². The van der Waals surface area contributed by atoms with E-state index in [1.165, 1.54) is 53.6 Å². The molecule has 0 unspecified atom stereocenters. The van der Waals surface area contributed by atoms with E-state index in [1.54, 1.807) is 0 Å². The van der Waals surface area contributed by atoms with E-state index in [0.29, 0.717) is 17.5 Å². The highest BCUT2D eigenvalue weighted by atomic mass is 32.1. The fourth-order valence-electron chi connectivity index (χ4n) is 8.73. The van der Waals surface area contributed by atoms with Crippen LogP contribution >= 0.6 is 11.3 Å². The summed E-state index contributed by atoms with van der Waals surface area (Å²) in [7, 11) is 0. The summed E-state index contributed by atoms with van der Waals surface area (Å²) in [6.45, 7) is 0. The molecule has 0 N–H and O–H groups in total. The first kappa shape index (κ1) is 32.4. The summed E-state index contributed by atoms with van der Waals surface area (Å²) < 4.78 is 2.54. The van der Waals surface area contributed by atoms with Gasteiger partial charge < -0.3 is 0 Å². The van der Waals surface area contributed by atoms with E-state index in [9.17, 15) is 0 Å². The molecule has 10 aromatic rings. The Morgan fingerprint density at radius 2 is 0.857 bits per heavy atom. The lowest BCUT2D eigenvalue weighted by Gasteiger charge is -2.34. The van der Waals surface area contributed by atoms with Gasteiger partial charge >= 0.3 is 0 Å². The molecule has 0 saturated heterocycles. The average Bonchev–Trinajstić information content (AvgIpc) is 3.80. The Hall–Kier alpha value is -7.01. The van der Waals surface area contributed by atoms with E-state index >= 15 is 0 Å². The van der Waals surface area contributed by atoms with Gasteiger partial charge in [0.1, 0.15) is 0 Å². The number of nitrogens with zero attached hydrogens (tertiary/aromatic N) is 3.